The standard InChI is InChI=1S/C18H19FN2O5S/c1-3-11(2)20-17(22)13-6-4-5-7-16(13)21-27(25,26)12-8-9-15(19)14(10-12)18(23)24/h4-11,21H,3H2,1-2H3,(H,20,22)(H,23,24). The van der Waals surface area contributed by atoms with E-state index in [4.69, 9.17) is 5.11 Å². The lowest BCUT2D eigenvalue weighted by Gasteiger charge is -2.15. The third-order valence-electron chi connectivity index (χ3n) is 3.88. The second-order valence-electron chi connectivity index (χ2n) is 5.88. The number of amides is 1. The Balaban J connectivity index is 2.38. The molecule has 0 heterocycles. The number of nitrogens with one attached hydrogen (secondary N) is 2. The molecule has 0 aliphatic rings. The SMILES string of the molecule is CCC(C)NC(=O)c1ccccc1NS(=O)(=O)c1ccc(F)c(C(=O)O)c1. The number of sulfonamides is 1. The minimum Gasteiger partial charge on any atom is -0.478 e. The average Bonchev–Trinajstić information content (AvgIpc) is 2.61. The number of rotatable bonds is 7. The molecule has 0 saturated heterocycles. The van der Waals surface area contributed by atoms with Gasteiger partial charge in [-0.1, -0.05) is 19.1 Å². The maximum atomic E-state index is 13.5. The van der Waals surface area contributed by atoms with Crippen LogP contribution in [0.1, 0.15) is 41.0 Å². The molecule has 0 aromatic heterocycles. The van der Waals surface area contributed by atoms with E-state index in [0.717, 1.165) is 18.2 Å². The summed E-state index contributed by atoms with van der Waals surface area (Å²) in [5, 5.41) is 11.7. The van der Waals surface area contributed by atoms with Crippen molar-refractivity contribution >= 4 is 27.6 Å². The van der Waals surface area contributed by atoms with Crippen molar-refractivity contribution < 1.29 is 27.5 Å². The van der Waals surface area contributed by atoms with Gasteiger partial charge >= 0.3 is 5.97 Å². The highest BCUT2D eigenvalue weighted by Gasteiger charge is 2.22. The van der Waals surface area contributed by atoms with E-state index in [1.807, 2.05) is 13.8 Å². The molecule has 144 valence electrons. The lowest BCUT2D eigenvalue weighted by molar-refractivity contribution is 0.0691. The van der Waals surface area contributed by atoms with Gasteiger partial charge in [0.2, 0.25) is 0 Å². The monoisotopic (exact) mass is 394 g/mol. The third-order valence-corrected chi connectivity index (χ3v) is 5.25. The molecule has 0 fully saturated rings. The van der Waals surface area contributed by atoms with Crippen molar-refractivity contribution in [1.29, 1.82) is 0 Å². The highest BCUT2D eigenvalue weighted by Crippen LogP contribution is 2.22. The van der Waals surface area contributed by atoms with Crippen LogP contribution in [0.15, 0.2) is 47.4 Å². The zero-order valence-corrected chi connectivity index (χ0v) is 15.5. The zero-order valence-electron chi connectivity index (χ0n) is 14.7. The van der Waals surface area contributed by atoms with Gasteiger partial charge in [-0.2, -0.15) is 0 Å². The van der Waals surface area contributed by atoms with Crippen molar-refractivity contribution in [3.8, 4) is 0 Å². The van der Waals surface area contributed by atoms with Crippen LogP contribution in [0.4, 0.5) is 10.1 Å². The van der Waals surface area contributed by atoms with Crippen LogP contribution in [0, 0.1) is 5.82 Å². The lowest BCUT2D eigenvalue weighted by atomic mass is 10.1. The van der Waals surface area contributed by atoms with Crippen molar-refractivity contribution in [1.82, 2.24) is 5.32 Å². The fourth-order valence-electron chi connectivity index (χ4n) is 2.21. The number of para-hydroxylation sites is 1. The number of carboxylic acids is 1. The number of aromatic carboxylic acids is 1. The molecule has 0 bridgehead atoms. The molecule has 0 saturated carbocycles. The van der Waals surface area contributed by atoms with Gasteiger partial charge < -0.3 is 10.4 Å². The molecule has 2 aromatic carbocycles. The molecule has 9 heteroatoms. The number of carbonyl (C=O) groups is 2. The van der Waals surface area contributed by atoms with E-state index in [1.165, 1.54) is 12.1 Å². The first-order chi connectivity index (χ1) is 12.7. The molecule has 0 radical (unpaired) electrons. The predicted octanol–water partition coefficient (Wildman–Crippen LogP) is 2.85. The van der Waals surface area contributed by atoms with Gasteiger partial charge in [0.15, 0.2) is 0 Å². The summed E-state index contributed by atoms with van der Waals surface area (Å²) in [6.07, 6.45) is 0.702. The molecule has 0 aliphatic carbocycles. The Morgan fingerprint density at radius 3 is 2.44 bits per heavy atom. The van der Waals surface area contributed by atoms with Crippen molar-refractivity contribution in [2.75, 3.05) is 4.72 Å². The maximum absolute atomic E-state index is 13.5. The van der Waals surface area contributed by atoms with Crippen molar-refractivity contribution in [3.05, 3.63) is 59.4 Å². The predicted molar refractivity (Wildman–Crippen MR) is 97.8 cm³/mol. The van der Waals surface area contributed by atoms with Gasteiger partial charge in [-0.25, -0.2) is 17.6 Å². The van der Waals surface area contributed by atoms with Gasteiger partial charge in [-0.3, -0.25) is 9.52 Å². The van der Waals surface area contributed by atoms with Crippen LogP contribution in [0.25, 0.3) is 0 Å². The van der Waals surface area contributed by atoms with Crippen LogP contribution in [0.5, 0.6) is 0 Å². The number of hydrogen-bond donors (Lipinski definition) is 3. The summed E-state index contributed by atoms with van der Waals surface area (Å²) in [5.74, 6) is -3.08. The summed E-state index contributed by atoms with van der Waals surface area (Å²) < 4.78 is 40.9. The van der Waals surface area contributed by atoms with E-state index >= 15 is 0 Å². The van der Waals surface area contributed by atoms with Gasteiger partial charge in [-0.15, -0.1) is 0 Å². The highest BCUT2D eigenvalue weighted by molar-refractivity contribution is 7.92. The molecule has 1 unspecified atom stereocenters. The van der Waals surface area contributed by atoms with Crippen LogP contribution < -0.4 is 10.0 Å². The van der Waals surface area contributed by atoms with Crippen LogP contribution >= 0.6 is 0 Å². The molecule has 27 heavy (non-hydrogen) atoms. The number of benzene rings is 2. The number of anilines is 1. The fraction of sp³-hybridized carbons (Fsp3) is 0.222. The normalized spacial score (nSPS) is 12.3. The molecule has 3 N–H and O–H groups in total. The smallest absolute Gasteiger partial charge is 0.338 e. The van der Waals surface area contributed by atoms with Crippen LogP contribution in [0.3, 0.4) is 0 Å². The molecule has 2 aromatic rings. The molecule has 2 rings (SSSR count). The van der Waals surface area contributed by atoms with Gasteiger partial charge in [-0.05, 0) is 43.7 Å². The Kier molecular flexibility index (Phi) is 6.17. The minimum atomic E-state index is -4.24. The quantitative estimate of drug-likeness (QED) is 0.668. The molecule has 1 atom stereocenters. The Labute approximate surface area is 156 Å². The van der Waals surface area contributed by atoms with E-state index in [2.05, 4.69) is 10.0 Å². The van der Waals surface area contributed by atoms with Crippen LogP contribution in [-0.4, -0.2) is 31.4 Å². The van der Waals surface area contributed by atoms with Crippen LogP contribution in [-0.2, 0) is 10.0 Å². The molecule has 1 amide bonds. The number of carbonyl (C=O) groups excluding carboxylic acids is 1. The summed E-state index contributed by atoms with van der Waals surface area (Å²) in [6, 6.07) is 8.34. The summed E-state index contributed by atoms with van der Waals surface area (Å²) in [4.78, 5) is 23.0. The Morgan fingerprint density at radius 2 is 1.81 bits per heavy atom. The van der Waals surface area contributed by atoms with Gasteiger partial charge in [0.25, 0.3) is 15.9 Å². The van der Waals surface area contributed by atoms with E-state index in [1.54, 1.807) is 12.1 Å². The van der Waals surface area contributed by atoms with Crippen molar-refractivity contribution in [2.45, 2.75) is 31.2 Å². The first-order valence-corrected chi connectivity index (χ1v) is 9.59. The summed E-state index contributed by atoms with van der Waals surface area (Å²) in [7, 11) is -4.24. The average molecular weight is 394 g/mol. The van der Waals surface area contributed by atoms with Gasteiger partial charge in [0, 0.05) is 6.04 Å². The van der Waals surface area contributed by atoms with Gasteiger partial charge in [0.05, 0.1) is 21.7 Å². The third kappa shape index (κ3) is 4.82. The Bertz CT molecular complexity index is 975. The minimum absolute atomic E-state index is 0.0273. The van der Waals surface area contributed by atoms with Crippen molar-refractivity contribution in [3.63, 3.8) is 0 Å². The first kappa shape index (κ1) is 20.4. The first-order valence-electron chi connectivity index (χ1n) is 8.11. The summed E-state index contributed by atoms with van der Waals surface area (Å²) in [6.45, 7) is 3.71. The molecule has 0 spiro atoms. The topological polar surface area (TPSA) is 113 Å². The van der Waals surface area contributed by atoms with E-state index in [0.29, 0.717) is 6.42 Å². The molecular formula is C18H19FN2O5S. The number of halogens is 1. The van der Waals surface area contributed by atoms with E-state index in [-0.39, 0.29) is 17.3 Å². The Morgan fingerprint density at radius 1 is 1.15 bits per heavy atom. The summed E-state index contributed by atoms with van der Waals surface area (Å²) in [5.41, 5.74) is -0.623. The molecule has 0 aliphatic heterocycles. The lowest BCUT2D eigenvalue weighted by Crippen LogP contribution is -2.32. The van der Waals surface area contributed by atoms with Crippen LogP contribution in [0.2, 0.25) is 0 Å². The second-order valence-corrected chi connectivity index (χ2v) is 7.56. The number of hydrogen-bond acceptors (Lipinski definition) is 4. The van der Waals surface area contributed by atoms with E-state index in [9.17, 15) is 22.4 Å². The zero-order chi connectivity index (χ0) is 20.2. The second kappa shape index (κ2) is 8.17. The molecular weight excluding hydrogens is 375 g/mol. The van der Waals surface area contributed by atoms with Crippen molar-refractivity contribution in [2.24, 2.45) is 0 Å². The highest BCUT2D eigenvalue weighted by atomic mass is 32.2. The number of carboxylic acid groups (broad SMARTS) is 1. The summed E-state index contributed by atoms with van der Waals surface area (Å²) >= 11 is 0. The van der Waals surface area contributed by atoms with E-state index < -0.39 is 38.2 Å². The molecule has 7 nitrogen and oxygen atoms in total. The fourth-order valence-corrected chi connectivity index (χ4v) is 3.32. The maximum Gasteiger partial charge on any atom is 0.338 e. The van der Waals surface area contributed by atoms with Gasteiger partial charge in [0.1, 0.15) is 5.82 Å². The largest absolute Gasteiger partial charge is 0.478 e. The Hall–Kier alpha value is -2.94.